The molecule has 1 aliphatic heterocycles. The van der Waals surface area contributed by atoms with Crippen LogP contribution < -0.4 is 0 Å². The van der Waals surface area contributed by atoms with Gasteiger partial charge >= 0.3 is 5.97 Å². The Kier molecular flexibility index (Phi) is 5.95. The Morgan fingerprint density at radius 1 is 1.31 bits per heavy atom. The number of carboxylic acids is 1. The van der Waals surface area contributed by atoms with Crippen LogP contribution in [0.25, 0.3) is 0 Å². The van der Waals surface area contributed by atoms with Crippen molar-refractivity contribution in [2.24, 2.45) is 5.92 Å². The molecule has 0 bridgehead atoms. The average molecular weight is 223 g/mol. The highest BCUT2D eigenvalue weighted by molar-refractivity contribution is 5.66. The number of hydrogen-bond acceptors (Lipinski definition) is 2. The zero-order chi connectivity index (χ0) is 11.8. The van der Waals surface area contributed by atoms with E-state index in [1.54, 1.807) is 0 Å². The number of terminal acetylenes is 1. The second kappa shape index (κ2) is 7.29. The van der Waals surface area contributed by atoms with E-state index in [9.17, 15) is 4.79 Å². The van der Waals surface area contributed by atoms with Gasteiger partial charge in [0, 0.05) is 12.3 Å². The standard InChI is InChI=1S/C13H21NO2/c1-2-12-7-10-14(11-8-12)9-5-3-4-6-13(15)16/h1,12H,3-11H2,(H,15,16). The topological polar surface area (TPSA) is 40.5 Å². The number of unbranched alkanes of at least 4 members (excludes halogenated alkanes) is 2. The van der Waals surface area contributed by atoms with Crippen LogP contribution in [0.5, 0.6) is 0 Å². The Balaban J connectivity index is 1.98. The molecule has 0 unspecified atom stereocenters. The molecule has 90 valence electrons. The van der Waals surface area contributed by atoms with Crippen LogP contribution in [0.1, 0.15) is 38.5 Å². The SMILES string of the molecule is C#CC1CCN(CCCCCC(=O)O)CC1. The molecule has 0 spiro atoms. The minimum atomic E-state index is -0.685. The van der Waals surface area contributed by atoms with Crippen LogP contribution in [0.3, 0.4) is 0 Å². The van der Waals surface area contributed by atoms with Crippen molar-refractivity contribution in [2.75, 3.05) is 19.6 Å². The van der Waals surface area contributed by atoms with Crippen molar-refractivity contribution in [3.05, 3.63) is 0 Å². The first-order valence-electron chi connectivity index (χ1n) is 6.12. The second-order valence-electron chi connectivity index (χ2n) is 4.49. The number of carbonyl (C=O) groups is 1. The molecule has 0 saturated carbocycles. The molecular weight excluding hydrogens is 202 g/mol. The van der Waals surface area contributed by atoms with Crippen molar-refractivity contribution >= 4 is 5.97 Å². The van der Waals surface area contributed by atoms with Crippen molar-refractivity contribution in [1.82, 2.24) is 4.90 Å². The highest BCUT2D eigenvalue weighted by atomic mass is 16.4. The van der Waals surface area contributed by atoms with E-state index in [1.165, 1.54) is 0 Å². The Morgan fingerprint density at radius 3 is 2.56 bits per heavy atom. The molecule has 0 radical (unpaired) electrons. The molecule has 3 heteroatoms. The molecular formula is C13H21NO2. The lowest BCUT2D eigenvalue weighted by Crippen LogP contribution is -2.33. The van der Waals surface area contributed by atoms with Gasteiger partial charge in [-0.3, -0.25) is 4.79 Å². The van der Waals surface area contributed by atoms with Crippen LogP contribution in [-0.2, 0) is 4.79 Å². The quantitative estimate of drug-likeness (QED) is 0.553. The van der Waals surface area contributed by atoms with E-state index in [-0.39, 0.29) is 0 Å². The van der Waals surface area contributed by atoms with Crippen LogP contribution in [0.4, 0.5) is 0 Å². The first-order chi connectivity index (χ1) is 7.72. The molecule has 1 N–H and O–H groups in total. The van der Waals surface area contributed by atoms with Gasteiger partial charge in [-0.15, -0.1) is 12.3 Å². The Hall–Kier alpha value is -1.01. The van der Waals surface area contributed by atoms with Gasteiger partial charge in [0.15, 0.2) is 0 Å². The van der Waals surface area contributed by atoms with Gasteiger partial charge in [0.1, 0.15) is 0 Å². The van der Waals surface area contributed by atoms with Crippen LogP contribution in [0.2, 0.25) is 0 Å². The predicted molar refractivity (Wildman–Crippen MR) is 64.1 cm³/mol. The summed E-state index contributed by atoms with van der Waals surface area (Å²) in [6.07, 6.45) is 10.9. The normalized spacial score (nSPS) is 18.2. The largest absolute Gasteiger partial charge is 0.481 e. The summed E-state index contributed by atoms with van der Waals surface area (Å²) in [5.41, 5.74) is 0. The van der Waals surface area contributed by atoms with E-state index in [0.717, 1.165) is 51.7 Å². The van der Waals surface area contributed by atoms with Crippen molar-refractivity contribution in [2.45, 2.75) is 38.5 Å². The fourth-order valence-corrected chi connectivity index (χ4v) is 2.11. The average Bonchev–Trinajstić information content (AvgIpc) is 2.29. The summed E-state index contributed by atoms with van der Waals surface area (Å²) in [7, 11) is 0. The lowest BCUT2D eigenvalue weighted by atomic mass is 9.98. The highest BCUT2D eigenvalue weighted by Gasteiger charge is 2.16. The number of aliphatic carboxylic acids is 1. The number of likely N-dealkylation sites (tertiary alicyclic amines) is 1. The summed E-state index contributed by atoms with van der Waals surface area (Å²) in [5, 5.41) is 8.49. The van der Waals surface area contributed by atoms with E-state index in [4.69, 9.17) is 11.5 Å². The molecule has 0 amide bonds. The maximum absolute atomic E-state index is 10.3. The van der Waals surface area contributed by atoms with Gasteiger partial charge in [-0.2, -0.15) is 0 Å². The van der Waals surface area contributed by atoms with Crippen molar-refractivity contribution < 1.29 is 9.90 Å². The number of nitrogens with zero attached hydrogens (tertiary/aromatic N) is 1. The molecule has 1 aliphatic rings. The van der Waals surface area contributed by atoms with E-state index in [1.807, 2.05) is 0 Å². The van der Waals surface area contributed by atoms with E-state index in [0.29, 0.717) is 12.3 Å². The molecule has 1 rings (SSSR count). The third-order valence-corrected chi connectivity index (χ3v) is 3.19. The lowest BCUT2D eigenvalue weighted by Gasteiger charge is -2.29. The number of carboxylic acid groups (broad SMARTS) is 1. The van der Waals surface area contributed by atoms with Crippen molar-refractivity contribution in [3.63, 3.8) is 0 Å². The van der Waals surface area contributed by atoms with Gasteiger partial charge in [0.2, 0.25) is 0 Å². The van der Waals surface area contributed by atoms with Gasteiger partial charge in [-0.1, -0.05) is 6.42 Å². The predicted octanol–water partition coefficient (Wildman–Crippen LogP) is 1.98. The van der Waals surface area contributed by atoms with Crippen LogP contribution in [-0.4, -0.2) is 35.6 Å². The zero-order valence-electron chi connectivity index (χ0n) is 9.82. The van der Waals surface area contributed by atoms with Crippen LogP contribution >= 0.6 is 0 Å². The second-order valence-corrected chi connectivity index (χ2v) is 4.49. The molecule has 0 aliphatic carbocycles. The minimum Gasteiger partial charge on any atom is -0.481 e. The molecule has 1 heterocycles. The molecule has 1 saturated heterocycles. The number of piperidine rings is 1. The Bertz CT molecular complexity index is 249. The first-order valence-corrected chi connectivity index (χ1v) is 6.12. The van der Waals surface area contributed by atoms with Crippen molar-refractivity contribution in [3.8, 4) is 12.3 Å². The highest BCUT2D eigenvalue weighted by Crippen LogP contribution is 2.16. The third-order valence-electron chi connectivity index (χ3n) is 3.19. The molecule has 16 heavy (non-hydrogen) atoms. The van der Waals surface area contributed by atoms with Crippen LogP contribution in [0, 0.1) is 18.3 Å². The monoisotopic (exact) mass is 223 g/mol. The smallest absolute Gasteiger partial charge is 0.303 e. The van der Waals surface area contributed by atoms with Gasteiger partial charge in [-0.05, 0) is 45.3 Å². The maximum Gasteiger partial charge on any atom is 0.303 e. The van der Waals surface area contributed by atoms with Gasteiger partial charge in [0.25, 0.3) is 0 Å². The number of rotatable bonds is 6. The van der Waals surface area contributed by atoms with Gasteiger partial charge in [0.05, 0.1) is 0 Å². The summed E-state index contributed by atoms with van der Waals surface area (Å²) >= 11 is 0. The summed E-state index contributed by atoms with van der Waals surface area (Å²) in [6, 6.07) is 0. The Morgan fingerprint density at radius 2 is 2.00 bits per heavy atom. The first kappa shape index (κ1) is 13.1. The molecule has 3 nitrogen and oxygen atoms in total. The summed E-state index contributed by atoms with van der Waals surface area (Å²) < 4.78 is 0. The van der Waals surface area contributed by atoms with Gasteiger partial charge in [-0.25, -0.2) is 0 Å². The Labute approximate surface area is 97.8 Å². The van der Waals surface area contributed by atoms with E-state index < -0.39 is 5.97 Å². The third kappa shape index (κ3) is 5.18. The van der Waals surface area contributed by atoms with Gasteiger partial charge < -0.3 is 10.0 Å². The summed E-state index contributed by atoms with van der Waals surface area (Å²) in [4.78, 5) is 12.7. The number of hydrogen-bond donors (Lipinski definition) is 1. The molecule has 0 aromatic rings. The maximum atomic E-state index is 10.3. The van der Waals surface area contributed by atoms with E-state index in [2.05, 4.69) is 10.8 Å². The van der Waals surface area contributed by atoms with Crippen LogP contribution in [0.15, 0.2) is 0 Å². The molecule has 0 aromatic carbocycles. The van der Waals surface area contributed by atoms with Crippen molar-refractivity contribution in [1.29, 1.82) is 0 Å². The molecule has 0 atom stereocenters. The minimum absolute atomic E-state index is 0.305. The zero-order valence-corrected chi connectivity index (χ0v) is 9.82. The molecule has 0 aromatic heterocycles. The summed E-state index contributed by atoms with van der Waals surface area (Å²) in [5.74, 6) is 2.61. The van der Waals surface area contributed by atoms with E-state index >= 15 is 0 Å². The molecule has 1 fully saturated rings. The fourth-order valence-electron chi connectivity index (χ4n) is 2.11. The fraction of sp³-hybridized carbons (Fsp3) is 0.769. The lowest BCUT2D eigenvalue weighted by molar-refractivity contribution is -0.137. The summed E-state index contributed by atoms with van der Waals surface area (Å²) in [6.45, 7) is 3.30.